The number of nitrogens with zero attached hydrogens (tertiary/aromatic N) is 2. The lowest BCUT2D eigenvalue weighted by Crippen LogP contribution is -2.50. The molecule has 0 aliphatic carbocycles. The summed E-state index contributed by atoms with van der Waals surface area (Å²) in [5.74, 6) is 0.844. The molecule has 5 nitrogen and oxygen atoms in total. The van der Waals surface area contributed by atoms with Crippen molar-refractivity contribution in [3.8, 4) is 11.5 Å². The van der Waals surface area contributed by atoms with Crippen molar-refractivity contribution in [3.63, 3.8) is 0 Å². The Bertz CT molecular complexity index is 753. The molecule has 0 spiro atoms. The van der Waals surface area contributed by atoms with Crippen molar-refractivity contribution in [3.05, 3.63) is 54.1 Å². The predicted octanol–water partition coefficient (Wildman–Crippen LogP) is 3.15. The van der Waals surface area contributed by atoms with E-state index in [0.29, 0.717) is 25.2 Å². The van der Waals surface area contributed by atoms with Gasteiger partial charge < -0.3 is 14.4 Å². The largest absolute Gasteiger partial charge is 0.497 e. The summed E-state index contributed by atoms with van der Waals surface area (Å²) in [4.78, 5) is 16.2. The van der Waals surface area contributed by atoms with Gasteiger partial charge in [-0.3, -0.25) is 9.69 Å². The molecule has 1 saturated heterocycles. The number of piperazine rings is 1. The van der Waals surface area contributed by atoms with Crippen LogP contribution in [0.1, 0.15) is 5.56 Å². The summed E-state index contributed by atoms with van der Waals surface area (Å²) in [7, 11) is 1.59. The van der Waals surface area contributed by atoms with E-state index in [1.165, 1.54) is 6.07 Å². The summed E-state index contributed by atoms with van der Waals surface area (Å²) in [6.07, 6.45) is 0. The van der Waals surface area contributed by atoms with Crippen molar-refractivity contribution in [2.24, 2.45) is 0 Å². The van der Waals surface area contributed by atoms with E-state index < -0.39 is 6.61 Å². The van der Waals surface area contributed by atoms with Gasteiger partial charge in [-0.15, -0.1) is 0 Å². The van der Waals surface area contributed by atoms with Gasteiger partial charge in [0.1, 0.15) is 11.5 Å². The molecule has 1 aliphatic heterocycles. The van der Waals surface area contributed by atoms with Crippen molar-refractivity contribution in [1.82, 2.24) is 4.90 Å². The molecule has 138 valence electrons. The van der Waals surface area contributed by atoms with Gasteiger partial charge in [-0.1, -0.05) is 18.2 Å². The van der Waals surface area contributed by atoms with Gasteiger partial charge in [0.25, 0.3) is 0 Å². The maximum Gasteiger partial charge on any atom is 0.387 e. The smallest absolute Gasteiger partial charge is 0.387 e. The standard InChI is InChI=1S/C19H20F2N2O3/c1-25-16-8-6-15(7-9-16)23-11-10-22(13-18(23)24)12-14-4-2-3-5-17(14)26-19(20)21/h2-9,19H,10-13H2,1H3. The Balaban J connectivity index is 1.65. The third-order valence-corrected chi connectivity index (χ3v) is 4.27. The summed E-state index contributed by atoms with van der Waals surface area (Å²) in [6.45, 7) is -1.10. The number of alkyl halides is 2. The van der Waals surface area contributed by atoms with Crippen LogP contribution in [0.15, 0.2) is 48.5 Å². The molecule has 26 heavy (non-hydrogen) atoms. The van der Waals surface area contributed by atoms with E-state index in [9.17, 15) is 13.6 Å². The Morgan fingerprint density at radius 2 is 1.81 bits per heavy atom. The number of carbonyl (C=O) groups is 1. The van der Waals surface area contributed by atoms with Gasteiger partial charge >= 0.3 is 6.61 Å². The van der Waals surface area contributed by atoms with Gasteiger partial charge in [-0.25, -0.2) is 0 Å². The molecule has 1 fully saturated rings. The van der Waals surface area contributed by atoms with Gasteiger partial charge in [-0.05, 0) is 30.3 Å². The first-order valence-electron chi connectivity index (χ1n) is 8.26. The molecule has 3 rings (SSSR count). The molecule has 0 bridgehead atoms. The summed E-state index contributed by atoms with van der Waals surface area (Å²) < 4.78 is 34.7. The number of carbonyl (C=O) groups excluding carboxylic acids is 1. The average Bonchev–Trinajstić information content (AvgIpc) is 2.63. The van der Waals surface area contributed by atoms with Crippen LogP contribution in [0, 0.1) is 0 Å². The van der Waals surface area contributed by atoms with Crippen molar-refractivity contribution >= 4 is 11.6 Å². The van der Waals surface area contributed by atoms with Gasteiger partial charge in [0.05, 0.1) is 13.7 Å². The maximum atomic E-state index is 12.5. The summed E-state index contributed by atoms with van der Waals surface area (Å²) in [6, 6.07) is 14.0. The highest BCUT2D eigenvalue weighted by Crippen LogP contribution is 2.24. The van der Waals surface area contributed by atoms with Crippen LogP contribution in [0.4, 0.5) is 14.5 Å². The Kier molecular flexibility index (Phi) is 5.68. The Labute approximate surface area is 150 Å². The number of amides is 1. The first-order valence-corrected chi connectivity index (χ1v) is 8.26. The first kappa shape index (κ1) is 18.1. The molecule has 2 aromatic carbocycles. The summed E-state index contributed by atoms with van der Waals surface area (Å²) >= 11 is 0. The van der Waals surface area contributed by atoms with E-state index in [0.717, 1.165) is 11.4 Å². The highest BCUT2D eigenvalue weighted by atomic mass is 19.3. The Hall–Kier alpha value is -2.67. The van der Waals surface area contributed by atoms with E-state index in [2.05, 4.69) is 4.74 Å². The molecular weight excluding hydrogens is 342 g/mol. The van der Waals surface area contributed by atoms with Crippen molar-refractivity contribution in [1.29, 1.82) is 0 Å². The van der Waals surface area contributed by atoms with Crippen LogP contribution >= 0.6 is 0 Å². The van der Waals surface area contributed by atoms with Crippen molar-refractivity contribution in [2.45, 2.75) is 13.2 Å². The quantitative estimate of drug-likeness (QED) is 0.792. The number of para-hydroxylation sites is 1. The second-order valence-electron chi connectivity index (χ2n) is 5.94. The molecular formula is C19H20F2N2O3. The zero-order chi connectivity index (χ0) is 18.5. The monoisotopic (exact) mass is 362 g/mol. The number of benzene rings is 2. The maximum absolute atomic E-state index is 12.5. The second kappa shape index (κ2) is 8.14. The molecule has 1 aliphatic rings. The lowest BCUT2D eigenvalue weighted by Gasteiger charge is -2.34. The van der Waals surface area contributed by atoms with E-state index >= 15 is 0 Å². The van der Waals surface area contributed by atoms with E-state index in [-0.39, 0.29) is 18.2 Å². The van der Waals surface area contributed by atoms with E-state index in [1.807, 2.05) is 29.2 Å². The minimum atomic E-state index is -2.87. The molecule has 0 radical (unpaired) electrons. The van der Waals surface area contributed by atoms with Crippen LogP contribution in [-0.4, -0.2) is 44.2 Å². The SMILES string of the molecule is COc1ccc(N2CCN(Cc3ccccc3OC(F)F)CC2=O)cc1. The zero-order valence-electron chi connectivity index (χ0n) is 14.4. The third-order valence-electron chi connectivity index (χ3n) is 4.27. The Morgan fingerprint density at radius 1 is 1.08 bits per heavy atom. The molecule has 1 amide bonds. The molecule has 1 heterocycles. The number of rotatable bonds is 6. The van der Waals surface area contributed by atoms with Gasteiger partial charge in [-0.2, -0.15) is 8.78 Å². The molecule has 0 atom stereocenters. The normalized spacial score (nSPS) is 15.4. The first-order chi connectivity index (χ1) is 12.6. The van der Waals surface area contributed by atoms with Crippen LogP contribution in [0.3, 0.4) is 0 Å². The number of methoxy groups -OCH3 is 1. The van der Waals surface area contributed by atoms with E-state index in [4.69, 9.17) is 4.74 Å². The summed E-state index contributed by atoms with van der Waals surface area (Å²) in [5, 5.41) is 0. The lowest BCUT2D eigenvalue weighted by atomic mass is 10.1. The molecule has 7 heteroatoms. The Morgan fingerprint density at radius 3 is 2.46 bits per heavy atom. The average molecular weight is 362 g/mol. The molecule has 0 N–H and O–H groups in total. The van der Waals surface area contributed by atoms with Crippen LogP contribution in [0.25, 0.3) is 0 Å². The number of hydrogen-bond acceptors (Lipinski definition) is 4. The summed E-state index contributed by atoms with van der Waals surface area (Å²) in [5.41, 5.74) is 1.45. The van der Waals surface area contributed by atoms with Crippen LogP contribution in [0.5, 0.6) is 11.5 Å². The van der Waals surface area contributed by atoms with E-state index in [1.54, 1.807) is 30.2 Å². The zero-order valence-corrected chi connectivity index (χ0v) is 14.4. The van der Waals surface area contributed by atoms with Gasteiger partial charge in [0.15, 0.2) is 0 Å². The number of hydrogen-bond donors (Lipinski definition) is 0. The number of ether oxygens (including phenoxy) is 2. The number of halogens is 2. The van der Waals surface area contributed by atoms with Crippen LogP contribution in [0.2, 0.25) is 0 Å². The van der Waals surface area contributed by atoms with Crippen molar-refractivity contribution in [2.75, 3.05) is 31.6 Å². The van der Waals surface area contributed by atoms with Gasteiger partial charge in [0.2, 0.25) is 5.91 Å². The van der Waals surface area contributed by atoms with Crippen molar-refractivity contribution < 1.29 is 23.0 Å². The minimum Gasteiger partial charge on any atom is -0.497 e. The number of anilines is 1. The molecule has 2 aromatic rings. The molecule has 0 aromatic heterocycles. The molecule has 0 unspecified atom stereocenters. The molecule has 0 saturated carbocycles. The minimum absolute atomic E-state index is 0.0336. The highest BCUT2D eigenvalue weighted by Gasteiger charge is 2.25. The highest BCUT2D eigenvalue weighted by molar-refractivity contribution is 5.95. The fourth-order valence-corrected chi connectivity index (χ4v) is 2.98. The topological polar surface area (TPSA) is 42.0 Å². The lowest BCUT2D eigenvalue weighted by molar-refractivity contribution is -0.121. The fourth-order valence-electron chi connectivity index (χ4n) is 2.98. The van der Waals surface area contributed by atoms with Crippen LogP contribution < -0.4 is 14.4 Å². The second-order valence-corrected chi connectivity index (χ2v) is 5.94. The fraction of sp³-hybridized carbons (Fsp3) is 0.316. The predicted molar refractivity (Wildman–Crippen MR) is 93.7 cm³/mol. The third kappa shape index (κ3) is 4.29. The van der Waals surface area contributed by atoms with Crippen LogP contribution in [-0.2, 0) is 11.3 Å². The van der Waals surface area contributed by atoms with Gasteiger partial charge in [0, 0.05) is 30.9 Å².